The van der Waals surface area contributed by atoms with Gasteiger partial charge in [0.05, 0.1) is 22.8 Å². The van der Waals surface area contributed by atoms with Crippen molar-refractivity contribution in [1.29, 1.82) is 0 Å². The summed E-state index contributed by atoms with van der Waals surface area (Å²) < 4.78 is 3.47. The van der Waals surface area contributed by atoms with E-state index < -0.39 is 0 Å². The summed E-state index contributed by atoms with van der Waals surface area (Å²) in [7, 11) is 0. The summed E-state index contributed by atoms with van der Waals surface area (Å²) in [6.45, 7) is 4.69. The van der Waals surface area contributed by atoms with E-state index in [4.69, 9.17) is 11.6 Å². The van der Waals surface area contributed by atoms with E-state index >= 15 is 0 Å². The Kier molecular flexibility index (Phi) is 5.63. The van der Waals surface area contributed by atoms with Gasteiger partial charge in [-0.3, -0.25) is 9.48 Å². The van der Waals surface area contributed by atoms with Crippen LogP contribution < -0.4 is 0 Å². The summed E-state index contributed by atoms with van der Waals surface area (Å²) in [5.74, 6) is 0.0160. The Bertz CT molecular complexity index is 683. The number of rotatable bonds is 5. The van der Waals surface area contributed by atoms with Crippen LogP contribution in [-0.4, -0.2) is 15.6 Å². The average Bonchev–Trinajstić information content (AvgIpc) is 2.77. The first-order valence-corrected chi connectivity index (χ1v) is 8.66. The van der Waals surface area contributed by atoms with Gasteiger partial charge < -0.3 is 0 Å². The molecular formula is C15H15Br2ClN2O. The fourth-order valence-electron chi connectivity index (χ4n) is 2.14. The molecule has 0 spiro atoms. The Morgan fingerprint density at radius 2 is 2.05 bits per heavy atom. The van der Waals surface area contributed by atoms with Gasteiger partial charge >= 0.3 is 0 Å². The normalized spacial score (nSPS) is 10.9. The van der Waals surface area contributed by atoms with Crippen LogP contribution in [0.2, 0.25) is 5.02 Å². The van der Waals surface area contributed by atoms with Crippen LogP contribution in [0, 0.1) is 0 Å². The molecular weight excluding hydrogens is 419 g/mol. The smallest absolute Gasteiger partial charge is 0.170 e. The van der Waals surface area contributed by atoms with Crippen molar-refractivity contribution in [1.82, 2.24) is 9.78 Å². The number of nitrogens with zero attached hydrogens (tertiary/aromatic N) is 2. The summed E-state index contributed by atoms with van der Waals surface area (Å²) in [5.41, 5.74) is 2.27. The van der Waals surface area contributed by atoms with Gasteiger partial charge in [0.2, 0.25) is 0 Å². The molecule has 6 heteroatoms. The van der Waals surface area contributed by atoms with Crippen molar-refractivity contribution >= 4 is 49.2 Å². The van der Waals surface area contributed by atoms with E-state index in [1.54, 1.807) is 0 Å². The minimum Gasteiger partial charge on any atom is -0.294 e. The molecule has 0 atom stereocenters. The molecule has 0 aliphatic carbocycles. The van der Waals surface area contributed by atoms with Crippen molar-refractivity contribution in [3.8, 4) is 0 Å². The largest absolute Gasteiger partial charge is 0.294 e. The Hall–Kier alpha value is -0.650. The molecule has 0 fully saturated rings. The van der Waals surface area contributed by atoms with E-state index in [2.05, 4.69) is 37.0 Å². The van der Waals surface area contributed by atoms with Gasteiger partial charge in [0.1, 0.15) is 0 Å². The number of aromatic nitrogens is 2. The number of Topliss-reactive ketones (excluding diaryl/α,β-unsaturated/α-hetero) is 1. The van der Waals surface area contributed by atoms with Crippen molar-refractivity contribution in [3.05, 3.63) is 49.1 Å². The molecule has 2 aromatic rings. The molecule has 1 aromatic heterocycles. The lowest BCUT2D eigenvalue weighted by atomic mass is 10.1. The van der Waals surface area contributed by atoms with E-state index in [-0.39, 0.29) is 12.2 Å². The average molecular weight is 435 g/mol. The Labute approximate surface area is 145 Å². The maximum absolute atomic E-state index is 12.6. The molecule has 0 saturated heterocycles. The van der Waals surface area contributed by atoms with Crippen LogP contribution in [0.5, 0.6) is 0 Å². The Morgan fingerprint density at radius 1 is 1.33 bits per heavy atom. The van der Waals surface area contributed by atoms with Crippen LogP contribution in [0.3, 0.4) is 0 Å². The van der Waals surface area contributed by atoms with Crippen LogP contribution in [0.15, 0.2) is 27.1 Å². The van der Waals surface area contributed by atoms with Gasteiger partial charge in [0.25, 0.3) is 0 Å². The molecule has 0 N–H and O–H groups in total. The van der Waals surface area contributed by atoms with E-state index in [9.17, 15) is 4.79 Å². The minimum absolute atomic E-state index is 0.0160. The van der Waals surface area contributed by atoms with E-state index in [1.165, 1.54) is 0 Å². The number of halogens is 3. The lowest BCUT2D eigenvalue weighted by molar-refractivity contribution is 0.0989. The fraction of sp³-hybridized carbons (Fsp3) is 0.333. The monoisotopic (exact) mass is 432 g/mol. The number of carbonyl (C=O) groups is 1. The molecule has 1 heterocycles. The third kappa shape index (κ3) is 3.58. The van der Waals surface area contributed by atoms with Gasteiger partial charge in [-0.05, 0) is 31.5 Å². The van der Waals surface area contributed by atoms with E-state index in [0.717, 1.165) is 26.8 Å². The van der Waals surface area contributed by atoms with E-state index in [0.29, 0.717) is 17.1 Å². The van der Waals surface area contributed by atoms with Crippen LogP contribution >= 0.6 is 43.5 Å². The molecule has 0 unspecified atom stereocenters. The van der Waals surface area contributed by atoms with Crippen molar-refractivity contribution in [3.63, 3.8) is 0 Å². The minimum atomic E-state index is 0.0160. The lowest BCUT2D eigenvalue weighted by Crippen LogP contribution is -2.10. The highest BCUT2D eigenvalue weighted by Gasteiger charge is 2.19. The first-order valence-electron chi connectivity index (χ1n) is 6.70. The summed E-state index contributed by atoms with van der Waals surface area (Å²) in [5, 5.41) is 5.05. The molecule has 21 heavy (non-hydrogen) atoms. The first-order chi connectivity index (χ1) is 9.97. The third-order valence-corrected chi connectivity index (χ3v) is 4.87. The Morgan fingerprint density at radius 3 is 2.67 bits per heavy atom. The van der Waals surface area contributed by atoms with Crippen molar-refractivity contribution in [2.45, 2.75) is 33.2 Å². The third-order valence-electron chi connectivity index (χ3n) is 3.25. The molecule has 0 bridgehead atoms. The topological polar surface area (TPSA) is 34.9 Å². The zero-order valence-electron chi connectivity index (χ0n) is 11.8. The summed E-state index contributed by atoms with van der Waals surface area (Å²) in [6, 6.07) is 5.56. The van der Waals surface area contributed by atoms with Crippen LogP contribution in [0.4, 0.5) is 0 Å². The van der Waals surface area contributed by atoms with Gasteiger partial charge in [0.15, 0.2) is 5.78 Å². The summed E-state index contributed by atoms with van der Waals surface area (Å²) >= 11 is 13.2. The number of aryl methyl sites for hydroxylation is 2. The molecule has 1 aromatic carbocycles. The van der Waals surface area contributed by atoms with Crippen LogP contribution in [0.1, 0.15) is 35.6 Å². The van der Waals surface area contributed by atoms with Gasteiger partial charge in [-0.1, -0.05) is 50.4 Å². The predicted octanol–water partition coefficient (Wildman–Crippen LogP) is 5.07. The molecule has 3 nitrogen and oxygen atoms in total. The molecule has 0 saturated carbocycles. The SMILES string of the molecule is CCc1nn(CC)c(CC(=O)c2cc(Br)ccc2Br)c1Cl. The zero-order valence-corrected chi connectivity index (χ0v) is 15.7. The number of benzene rings is 1. The van der Waals surface area contributed by atoms with Crippen molar-refractivity contribution in [2.75, 3.05) is 0 Å². The molecule has 0 aliphatic rings. The zero-order chi connectivity index (χ0) is 15.6. The summed E-state index contributed by atoms with van der Waals surface area (Å²) in [6.07, 6.45) is 1.00. The first kappa shape index (κ1) is 16.7. The van der Waals surface area contributed by atoms with Gasteiger partial charge in [-0.15, -0.1) is 0 Å². The molecule has 0 aliphatic heterocycles. The highest BCUT2D eigenvalue weighted by Crippen LogP contribution is 2.26. The summed E-state index contributed by atoms with van der Waals surface area (Å²) in [4.78, 5) is 12.6. The fourth-order valence-corrected chi connectivity index (χ4v) is 3.31. The quantitative estimate of drug-likeness (QED) is 0.616. The van der Waals surface area contributed by atoms with Crippen molar-refractivity contribution in [2.24, 2.45) is 0 Å². The molecule has 0 amide bonds. The predicted molar refractivity (Wildman–Crippen MR) is 92.2 cm³/mol. The lowest BCUT2D eigenvalue weighted by Gasteiger charge is -2.07. The molecule has 2 rings (SSSR count). The van der Waals surface area contributed by atoms with Crippen molar-refractivity contribution < 1.29 is 4.79 Å². The van der Waals surface area contributed by atoms with Crippen LogP contribution in [0.25, 0.3) is 0 Å². The number of carbonyl (C=O) groups excluding carboxylic acids is 1. The highest BCUT2D eigenvalue weighted by molar-refractivity contribution is 9.11. The van der Waals surface area contributed by atoms with Gasteiger partial charge in [0, 0.05) is 21.1 Å². The van der Waals surface area contributed by atoms with Gasteiger partial charge in [-0.25, -0.2) is 0 Å². The number of hydrogen-bond acceptors (Lipinski definition) is 2. The maximum atomic E-state index is 12.6. The molecule has 112 valence electrons. The van der Waals surface area contributed by atoms with Gasteiger partial charge in [-0.2, -0.15) is 5.10 Å². The standard InChI is InChI=1S/C15H15Br2ClN2O/c1-3-12-15(18)13(20(4-2)19-12)8-14(21)10-7-9(16)5-6-11(10)17/h5-7H,3-4,8H2,1-2H3. The highest BCUT2D eigenvalue weighted by atomic mass is 79.9. The second kappa shape index (κ2) is 7.07. The number of hydrogen-bond donors (Lipinski definition) is 0. The molecule has 0 radical (unpaired) electrons. The van der Waals surface area contributed by atoms with Crippen LogP contribution in [-0.2, 0) is 19.4 Å². The second-order valence-electron chi connectivity index (χ2n) is 4.60. The second-order valence-corrected chi connectivity index (χ2v) is 6.75. The van der Waals surface area contributed by atoms with E-state index in [1.807, 2.05) is 36.7 Å². The number of ketones is 1. The Balaban J connectivity index is 2.35. The maximum Gasteiger partial charge on any atom is 0.170 e.